The maximum atomic E-state index is 10.2. The number of aliphatic carboxylic acids is 1. The average Bonchev–Trinajstić information content (AvgIpc) is 2.12. The summed E-state index contributed by atoms with van der Waals surface area (Å²) in [6.07, 6.45) is -0.0162. The molecule has 0 saturated carbocycles. The molecule has 0 radical (unpaired) electrons. The smallest absolute Gasteiger partial charge is 0.307 e. The first-order valence-electron chi connectivity index (χ1n) is 3.02. The van der Waals surface area contributed by atoms with Gasteiger partial charge in [-0.1, -0.05) is 0 Å². The Morgan fingerprint density at radius 3 is 3.00 bits per heavy atom. The fourth-order valence-corrected chi connectivity index (χ4v) is 1.88. The molecule has 58 valence electrons. The molecule has 1 aliphatic rings. The van der Waals surface area contributed by atoms with Gasteiger partial charge in [0.05, 0.1) is 6.42 Å². The number of nitrogens with one attached hydrogen (secondary N) is 1. The molecule has 10 heavy (non-hydrogen) atoms. The summed E-state index contributed by atoms with van der Waals surface area (Å²) in [5.41, 5.74) is 5.63. The Morgan fingerprint density at radius 1 is 1.90 bits per heavy atom. The summed E-state index contributed by atoms with van der Waals surface area (Å²) >= 11 is 1.46. The second-order valence-corrected chi connectivity index (χ2v) is 3.66. The molecule has 0 amide bonds. The van der Waals surface area contributed by atoms with Crippen molar-refractivity contribution in [3.05, 3.63) is 0 Å². The molecule has 0 aromatic carbocycles. The van der Waals surface area contributed by atoms with E-state index in [2.05, 4.69) is 5.32 Å². The molecule has 1 atom stereocenters. The van der Waals surface area contributed by atoms with Crippen molar-refractivity contribution in [3.8, 4) is 0 Å². The van der Waals surface area contributed by atoms with Crippen molar-refractivity contribution in [3.63, 3.8) is 0 Å². The number of carboxylic acids is 1. The van der Waals surface area contributed by atoms with Crippen LogP contribution in [0.25, 0.3) is 0 Å². The van der Waals surface area contributed by atoms with Gasteiger partial charge in [0.15, 0.2) is 0 Å². The molecule has 0 bridgehead atoms. The molecule has 1 saturated heterocycles. The van der Waals surface area contributed by atoms with Gasteiger partial charge in [0.25, 0.3) is 0 Å². The van der Waals surface area contributed by atoms with E-state index >= 15 is 0 Å². The minimum atomic E-state index is -0.857. The van der Waals surface area contributed by atoms with Crippen LogP contribution in [0.1, 0.15) is 6.42 Å². The standard InChI is InChI=1S/C5H10N2O2S/c6-5(3-4(8)9)7-1-2-10-5/h7H,1-3,6H2,(H,8,9). The summed E-state index contributed by atoms with van der Waals surface area (Å²) in [5, 5.41) is 11.3. The van der Waals surface area contributed by atoms with Gasteiger partial charge < -0.3 is 10.8 Å². The zero-order valence-corrected chi connectivity index (χ0v) is 6.28. The third-order valence-electron chi connectivity index (χ3n) is 1.30. The van der Waals surface area contributed by atoms with Crippen LogP contribution in [-0.2, 0) is 4.79 Å². The predicted octanol–water partition coefficient (Wildman–Crippen LogP) is -0.590. The monoisotopic (exact) mass is 162 g/mol. The lowest BCUT2D eigenvalue weighted by Crippen LogP contribution is -2.47. The van der Waals surface area contributed by atoms with E-state index in [0.29, 0.717) is 0 Å². The zero-order valence-electron chi connectivity index (χ0n) is 5.46. The number of carbonyl (C=O) groups is 1. The van der Waals surface area contributed by atoms with Gasteiger partial charge >= 0.3 is 5.97 Å². The van der Waals surface area contributed by atoms with E-state index in [9.17, 15) is 4.79 Å². The predicted molar refractivity (Wildman–Crippen MR) is 39.6 cm³/mol. The SMILES string of the molecule is NC1(CC(=O)O)NCCS1. The van der Waals surface area contributed by atoms with Gasteiger partial charge in [0.2, 0.25) is 0 Å². The first-order chi connectivity index (χ1) is 4.62. The van der Waals surface area contributed by atoms with E-state index in [4.69, 9.17) is 10.8 Å². The van der Waals surface area contributed by atoms with Crippen LogP contribution >= 0.6 is 11.8 Å². The van der Waals surface area contributed by atoms with Gasteiger partial charge in [-0.2, -0.15) is 0 Å². The molecule has 1 unspecified atom stereocenters. The summed E-state index contributed by atoms with van der Waals surface area (Å²) < 4.78 is 0. The van der Waals surface area contributed by atoms with Crippen molar-refractivity contribution in [1.82, 2.24) is 5.32 Å². The van der Waals surface area contributed by atoms with Crippen molar-refractivity contribution < 1.29 is 9.90 Å². The Balaban J connectivity index is 2.43. The molecule has 0 aromatic rings. The maximum absolute atomic E-state index is 10.2. The Kier molecular flexibility index (Phi) is 2.18. The topological polar surface area (TPSA) is 75.4 Å². The first kappa shape index (κ1) is 7.84. The molecular formula is C5H10N2O2S. The fourth-order valence-electron chi connectivity index (χ4n) is 0.885. The van der Waals surface area contributed by atoms with Gasteiger partial charge in [-0.15, -0.1) is 11.8 Å². The molecule has 1 fully saturated rings. The molecule has 1 rings (SSSR count). The van der Waals surface area contributed by atoms with Crippen LogP contribution < -0.4 is 11.1 Å². The molecule has 4 nitrogen and oxygen atoms in total. The number of thioether (sulfide) groups is 1. The molecule has 0 aromatic heterocycles. The molecule has 5 heteroatoms. The highest BCUT2D eigenvalue weighted by molar-refractivity contribution is 8.00. The molecule has 1 heterocycles. The zero-order chi connectivity index (χ0) is 7.61. The van der Waals surface area contributed by atoms with Crippen LogP contribution in [0, 0.1) is 0 Å². The van der Waals surface area contributed by atoms with Crippen molar-refractivity contribution in [2.24, 2.45) is 5.73 Å². The minimum Gasteiger partial charge on any atom is -0.481 e. The van der Waals surface area contributed by atoms with Crippen LogP contribution in [-0.4, -0.2) is 28.4 Å². The highest BCUT2D eigenvalue weighted by Crippen LogP contribution is 2.24. The van der Waals surface area contributed by atoms with E-state index in [-0.39, 0.29) is 6.42 Å². The highest BCUT2D eigenvalue weighted by Gasteiger charge is 2.31. The van der Waals surface area contributed by atoms with E-state index in [1.165, 1.54) is 11.8 Å². The van der Waals surface area contributed by atoms with Crippen molar-refractivity contribution in [2.75, 3.05) is 12.3 Å². The number of carboxylic acid groups (broad SMARTS) is 1. The summed E-state index contributed by atoms with van der Waals surface area (Å²) in [4.78, 5) is 9.51. The van der Waals surface area contributed by atoms with Crippen LogP contribution in [0.4, 0.5) is 0 Å². The molecule has 1 aliphatic heterocycles. The average molecular weight is 162 g/mol. The first-order valence-corrected chi connectivity index (χ1v) is 4.01. The number of nitrogens with two attached hydrogens (primary N) is 1. The van der Waals surface area contributed by atoms with Gasteiger partial charge in [-0.05, 0) is 0 Å². The lowest BCUT2D eigenvalue weighted by molar-refractivity contribution is -0.137. The molecule has 0 spiro atoms. The highest BCUT2D eigenvalue weighted by atomic mass is 32.2. The summed E-state index contributed by atoms with van der Waals surface area (Å²) in [6.45, 7) is 0.800. The van der Waals surface area contributed by atoms with Crippen molar-refractivity contribution in [1.29, 1.82) is 0 Å². The van der Waals surface area contributed by atoms with Crippen LogP contribution in [0.15, 0.2) is 0 Å². The quantitative estimate of drug-likeness (QED) is 0.506. The summed E-state index contributed by atoms with van der Waals surface area (Å²) in [6, 6.07) is 0. The number of hydrogen-bond acceptors (Lipinski definition) is 4. The van der Waals surface area contributed by atoms with Crippen LogP contribution in [0.2, 0.25) is 0 Å². The van der Waals surface area contributed by atoms with Gasteiger partial charge in [0.1, 0.15) is 4.99 Å². The Bertz CT molecular complexity index is 145. The van der Waals surface area contributed by atoms with Gasteiger partial charge in [-0.3, -0.25) is 10.1 Å². The summed E-state index contributed by atoms with van der Waals surface area (Å²) in [5.74, 6) is 0.0356. The van der Waals surface area contributed by atoms with Gasteiger partial charge in [-0.25, -0.2) is 0 Å². The Morgan fingerprint density at radius 2 is 2.60 bits per heavy atom. The van der Waals surface area contributed by atoms with E-state index in [1.54, 1.807) is 0 Å². The molecular weight excluding hydrogens is 152 g/mol. The minimum absolute atomic E-state index is 0.0162. The van der Waals surface area contributed by atoms with Crippen molar-refractivity contribution >= 4 is 17.7 Å². The van der Waals surface area contributed by atoms with Crippen molar-refractivity contribution in [2.45, 2.75) is 11.4 Å². The third kappa shape index (κ3) is 1.86. The lowest BCUT2D eigenvalue weighted by atomic mass is 10.3. The largest absolute Gasteiger partial charge is 0.481 e. The fraction of sp³-hybridized carbons (Fsp3) is 0.800. The molecule has 4 N–H and O–H groups in total. The second-order valence-electron chi connectivity index (χ2n) is 2.24. The van der Waals surface area contributed by atoms with E-state index in [0.717, 1.165) is 12.3 Å². The normalized spacial score (nSPS) is 32.5. The van der Waals surface area contributed by atoms with Crippen LogP contribution in [0.5, 0.6) is 0 Å². The second kappa shape index (κ2) is 2.77. The number of hydrogen-bond donors (Lipinski definition) is 3. The summed E-state index contributed by atoms with van der Waals surface area (Å²) in [7, 11) is 0. The Labute approximate surface area is 63.2 Å². The van der Waals surface area contributed by atoms with Gasteiger partial charge in [0, 0.05) is 12.3 Å². The number of rotatable bonds is 2. The van der Waals surface area contributed by atoms with E-state index < -0.39 is 11.0 Å². The van der Waals surface area contributed by atoms with E-state index in [1.807, 2.05) is 0 Å². The Hall–Kier alpha value is -0.260. The lowest BCUT2D eigenvalue weighted by Gasteiger charge is -2.19. The maximum Gasteiger partial charge on any atom is 0.307 e. The van der Waals surface area contributed by atoms with Crippen LogP contribution in [0.3, 0.4) is 0 Å². The third-order valence-corrected chi connectivity index (χ3v) is 2.51. The molecule has 0 aliphatic carbocycles.